The molecule has 108 valence electrons. The molecule has 0 saturated carbocycles. The van der Waals surface area contributed by atoms with Crippen LogP contribution in [0.3, 0.4) is 0 Å². The number of imidazole rings is 1. The lowest BCUT2D eigenvalue weighted by Gasteiger charge is -2.12. The second kappa shape index (κ2) is 5.18. The van der Waals surface area contributed by atoms with Gasteiger partial charge in [-0.25, -0.2) is 4.98 Å². The fourth-order valence-electron chi connectivity index (χ4n) is 2.33. The van der Waals surface area contributed by atoms with Crippen LogP contribution >= 0.6 is 11.6 Å². The lowest BCUT2D eigenvalue weighted by molar-refractivity contribution is 0.355. The number of hydrogen-bond acceptors (Lipinski definition) is 4. The highest BCUT2D eigenvalue weighted by Gasteiger charge is 2.14. The molecule has 0 amide bonds. The molecule has 3 aromatic rings. The molecule has 3 rings (SSSR count). The van der Waals surface area contributed by atoms with Gasteiger partial charge in [-0.05, 0) is 24.3 Å². The van der Waals surface area contributed by atoms with E-state index in [1.807, 2.05) is 36.4 Å². The van der Waals surface area contributed by atoms with Gasteiger partial charge in [-0.15, -0.1) is 0 Å². The fourth-order valence-corrected chi connectivity index (χ4v) is 2.58. The average Bonchev–Trinajstić information content (AvgIpc) is 2.84. The minimum atomic E-state index is 0.366. The Morgan fingerprint density at radius 1 is 1.10 bits per heavy atom. The molecular formula is C15H14ClN3O2. The second-order valence-corrected chi connectivity index (χ2v) is 4.86. The van der Waals surface area contributed by atoms with Crippen LogP contribution in [0.4, 0.5) is 5.95 Å². The SMILES string of the molecule is COc1ccc(-n2c(N)nc3cccc(Cl)c32)cc1OC. The molecule has 1 aromatic heterocycles. The Bertz CT molecular complexity index is 814. The summed E-state index contributed by atoms with van der Waals surface area (Å²) in [6, 6.07) is 11.0. The zero-order valence-corrected chi connectivity index (χ0v) is 12.4. The number of benzene rings is 2. The van der Waals surface area contributed by atoms with Crippen LogP contribution in [0.5, 0.6) is 11.5 Å². The lowest BCUT2D eigenvalue weighted by atomic mass is 10.2. The van der Waals surface area contributed by atoms with E-state index in [4.69, 9.17) is 26.8 Å². The summed E-state index contributed by atoms with van der Waals surface area (Å²) in [6.07, 6.45) is 0. The van der Waals surface area contributed by atoms with Crippen molar-refractivity contribution in [2.45, 2.75) is 0 Å². The molecule has 0 unspecified atom stereocenters. The summed E-state index contributed by atoms with van der Waals surface area (Å²) >= 11 is 6.29. The zero-order valence-electron chi connectivity index (χ0n) is 11.6. The molecule has 0 bridgehead atoms. The molecule has 0 aliphatic carbocycles. The molecule has 6 heteroatoms. The molecule has 2 aromatic carbocycles. The Hall–Kier alpha value is -2.40. The van der Waals surface area contributed by atoms with Crippen molar-refractivity contribution >= 4 is 28.6 Å². The minimum Gasteiger partial charge on any atom is -0.493 e. The minimum absolute atomic E-state index is 0.366. The van der Waals surface area contributed by atoms with Gasteiger partial charge in [0.25, 0.3) is 0 Å². The van der Waals surface area contributed by atoms with Crippen molar-refractivity contribution < 1.29 is 9.47 Å². The van der Waals surface area contributed by atoms with E-state index >= 15 is 0 Å². The number of anilines is 1. The topological polar surface area (TPSA) is 62.3 Å². The third-order valence-electron chi connectivity index (χ3n) is 3.28. The summed E-state index contributed by atoms with van der Waals surface area (Å²) in [5.41, 5.74) is 8.36. The zero-order chi connectivity index (χ0) is 15.0. The van der Waals surface area contributed by atoms with Crippen molar-refractivity contribution in [3.8, 4) is 17.2 Å². The fraction of sp³-hybridized carbons (Fsp3) is 0.133. The van der Waals surface area contributed by atoms with Crippen LogP contribution in [0.2, 0.25) is 5.02 Å². The van der Waals surface area contributed by atoms with Gasteiger partial charge in [0, 0.05) is 6.07 Å². The Morgan fingerprint density at radius 3 is 2.57 bits per heavy atom. The van der Waals surface area contributed by atoms with Gasteiger partial charge in [0.05, 0.1) is 36.0 Å². The van der Waals surface area contributed by atoms with Gasteiger partial charge in [0.15, 0.2) is 11.5 Å². The first kappa shape index (κ1) is 13.6. The van der Waals surface area contributed by atoms with Gasteiger partial charge in [0.2, 0.25) is 5.95 Å². The number of nitrogens with zero attached hydrogens (tertiary/aromatic N) is 2. The largest absolute Gasteiger partial charge is 0.493 e. The first-order chi connectivity index (χ1) is 10.2. The molecular weight excluding hydrogens is 290 g/mol. The van der Waals surface area contributed by atoms with Crippen LogP contribution in [-0.4, -0.2) is 23.8 Å². The van der Waals surface area contributed by atoms with Crippen molar-refractivity contribution in [2.75, 3.05) is 20.0 Å². The summed E-state index contributed by atoms with van der Waals surface area (Å²) in [6.45, 7) is 0. The molecule has 0 aliphatic rings. The molecule has 5 nitrogen and oxygen atoms in total. The maximum atomic E-state index is 6.29. The van der Waals surface area contributed by atoms with Gasteiger partial charge in [-0.3, -0.25) is 4.57 Å². The van der Waals surface area contributed by atoms with Gasteiger partial charge < -0.3 is 15.2 Å². The van der Waals surface area contributed by atoms with E-state index in [0.717, 1.165) is 16.7 Å². The molecule has 1 heterocycles. The van der Waals surface area contributed by atoms with E-state index in [-0.39, 0.29) is 0 Å². The maximum absolute atomic E-state index is 6.29. The van der Waals surface area contributed by atoms with E-state index in [1.54, 1.807) is 18.8 Å². The number of rotatable bonds is 3. The Balaban J connectivity index is 2.28. The predicted molar refractivity (Wildman–Crippen MR) is 83.6 cm³/mol. The van der Waals surface area contributed by atoms with E-state index in [0.29, 0.717) is 22.5 Å². The van der Waals surface area contributed by atoms with Gasteiger partial charge in [0.1, 0.15) is 0 Å². The number of nitrogen functional groups attached to an aromatic ring is 1. The van der Waals surface area contributed by atoms with E-state index < -0.39 is 0 Å². The molecule has 0 atom stereocenters. The van der Waals surface area contributed by atoms with Gasteiger partial charge in [-0.2, -0.15) is 0 Å². The number of nitrogens with two attached hydrogens (primary N) is 1. The summed E-state index contributed by atoms with van der Waals surface area (Å²) in [5.74, 6) is 1.63. The molecule has 21 heavy (non-hydrogen) atoms. The van der Waals surface area contributed by atoms with E-state index in [1.165, 1.54) is 0 Å². The van der Waals surface area contributed by atoms with Crippen LogP contribution in [0.25, 0.3) is 16.7 Å². The molecule has 0 fully saturated rings. The normalized spacial score (nSPS) is 10.8. The van der Waals surface area contributed by atoms with Crippen molar-refractivity contribution in [1.82, 2.24) is 9.55 Å². The van der Waals surface area contributed by atoms with Crippen molar-refractivity contribution in [2.24, 2.45) is 0 Å². The molecule has 0 spiro atoms. The summed E-state index contributed by atoms with van der Waals surface area (Å²) in [4.78, 5) is 4.33. The summed E-state index contributed by atoms with van der Waals surface area (Å²) in [5, 5.41) is 0.589. The Kier molecular flexibility index (Phi) is 3.35. The van der Waals surface area contributed by atoms with E-state index in [2.05, 4.69) is 4.98 Å². The Morgan fingerprint density at radius 2 is 1.86 bits per heavy atom. The molecule has 0 saturated heterocycles. The van der Waals surface area contributed by atoms with Crippen molar-refractivity contribution in [1.29, 1.82) is 0 Å². The third-order valence-corrected chi connectivity index (χ3v) is 3.58. The average molecular weight is 304 g/mol. The van der Waals surface area contributed by atoms with Crippen LogP contribution in [-0.2, 0) is 0 Å². The summed E-state index contributed by atoms with van der Waals surface area (Å²) < 4.78 is 12.4. The van der Waals surface area contributed by atoms with Crippen molar-refractivity contribution in [3.05, 3.63) is 41.4 Å². The molecule has 0 radical (unpaired) electrons. The highest BCUT2D eigenvalue weighted by atomic mass is 35.5. The van der Waals surface area contributed by atoms with Crippen molar-refractivity contribution in [3.63, 3.8) is 0 Å². The smallest absolute Gasteiger partial charge is 0.205 e. The highest BCUT2D eigenvalue weighted by molar-refractivity contribution is 6.35. The predicted octanol–water partition coefficient (Wildman–Crippen LogP) is 3.28. The van der Waals surface area contributed by atoms with Crippen LogP contribution < -0.4 is 15.2 Å². The first-order valence-corrected chi connectivity index (χ1v) is 6.68. The summed E-state index contributed by atoms with van der Waals surface area (Å²) in [7, 11) is 3.18. The first-order valence-electron chi connectivity index (χ1n) is 6.30. The van der Waals surface area contributed by atoms with Crippen LogP contribution in [0.15, 0.2) is 36.4 Å². The van der Waals surface area contributed by atoms with Gasteiger partial charge in [-0.1, -0.05) is 17.7 Å². The number of halogens is 1. The second-order valence-electron chi connectivity index (χ2n) is 4.45. The molecule has 0 aliphatic heterocycles. The third kappa shape index (κ3) is 2.15. The number of fused-ring (bicyclic) bond motifs is 1. The maximum Gasteiger partial charge on any atom is 0.205 e. The monoisotopic (exact) mass is 303 g/mol. The molecule has 2 N–H and O–H groups in total. The van der Waals surface area contributed by atoms with Crippen LogP contribution in [0, 0.1) is 0 Å². The quantitative estimate of drug-likeness (QED) is 0.806. The van der Waals surface area contributed by atoms with Gasteiger partial charge >= 0.3 is 0 Å². The number of para-hydroxylation sites is 1. The lowest BCUT2D eigenvalue weighted by Crippen LogP contribution is -2.02. The number of ether oxygens (including phenoxy) is 2. The Labute approximate surface area is 126 Å². The van der Waals surface area contributed by atoms with Crippen LogP contribution in [0.1, 0.15) is 0 Å². The number of aromatic nitrogens is 2. The number of hydrogen-bond donors (Lipinski definition) is 1. The highest BCUT2D eigenvalue weighted by Crippen LogP contribution is 2.33. The van der Waals surface area contributed by atoms with E-state index in [9.17, 15) is 0 Å². The standard InChI is InChI=1S/C15H14ClN3O2/c1-20-12-7-6-9(8-13(12)21-2)19-14-10(16)4-3-5-11(14)18-15(19)17/h3-8H,1-2H3,(H2,17,18). The number of methoxy groups -OCH3 is 2.